The summed E-state index contributed by atoms with van der Waals surface area (Å²) < 4.78 is 0. The Hall–Kier alpha value is -0.410. The fourth-order valence-corrected chi connectivity index (χ4v) is 3.10. The maximum absolute atomic E-state index is 4.70. The molecule has 0 aromatic carbocycles. The Morgan fingerprint density at radius 2 is 2.44 bits per heavy atom. The van der Waals surface area contributed by atoms with Gasteiger partial charge >= 0.3 is 0 Å². The van der Waals surface area contributed by atoms with Gasteiger partial charge in [-0.25, -0.2) is 4.98 Å². The molecule has 1 unspecified atom stereocenters. The lowest BCUT2D eigenvalue weighted by atomic mass is 10.1. The Balaban J connectivity index is 1.78. The van der Waals surface area contributed by atoms with Crippen molar-refractivity contribution in [3.63, 3.8) is 0 Å². The van der Waals surface area contributed by atoms with Crippen LogP contribution in [0, 0.1) is 5.92 Å². The second kappa shape index (κ2) is 5.78. The zero-order valence-electron chi connectivity index (χ0n) is 10.3. The molecule has 0 radical (unpaired) electrons. The van der Waals surface area contributed by atoms with Crippen molar-refractivity contribution >= 4 is 11.3 Å². The molecule has 2 heterocycles. The summed E-state index contributed by atoms with van der Waals surface area (Å²) in [6.45, 7) is 5.71. The first-order valence-corrected chi connectivity index (χ1v) is 7.28. The minimum atomic E-state index is 0.714. The van der Waals surface area contributed by atoms with Crippen LogP contribution in [0.15, 0.2) is 5.38 Å². The Morgan fingerprint density at radius 3 is 3.12 bits per heavy atom. The van der Waals surface area contributed by atoms with Gasteiger partial charge in [-0.05, 0) is 38.1 Å². The van der Waals surface area contributed by atoms with Crippen LogP contribution in [0.2, 0.25) is 0 Å². The van der Waals surface area contributed by atoms with Crippen molar-refractivity contribution < 1.29 is 0 Å². The van der Waals surface area contributed by atoms with Crippen molar-refractivity contribution in [1.29, 1.82) is 0 Å². The molecule has 2 rings (SSSR count). The number of hydrogen-bond donors (Lipinski definition) is 1. The van der Waals surface area contributed by atoms with E-state index in [1.54, 1.807) is 0 Å². The van der Waals surface area contributed by atoms with Crippen LogP contribution < -0.4 is 5.32 Å². The number of aryl methyl sites for hydroxylation is 1. The Labute approximate surface area is 102 Å². The molecule has 0 amide bonds. The van der Waals surface area contributed by atoms with E-state index < -0.39 is 0 Å². The van der Waals surface area contributed by atoms with Gasteiger partial charge in [0.1, 0.15) is 0 Å². The van der Waals surface area contributed by atoms with Gasteiger partial charge in [-0.3, -0.25) is 0 Å². The molecule has 1 fully saturated rings. The van der Waals surface area contributed by atoms with Crippen LogP contribution in [0.25, 0.3) is 0 Å². The molecule has 1 aromatic rings. The van der Waals surface area contributed by atoms with Gasteiger partial charge in [-0.1, -0.05) is 13.8 Å². The highest BCUT2D eigenvalue weighted by Crippen LogP contribution is 2.17. The van der Waals surface area contributed by atoms with E-state index in [0.717, 1.165) is 18.9 Å². The smallest absolute Gasteiger partial charge is 0.0928 e. The maximum atomic E-state index is 4.70. The van der Waals surface area contributed by atoms with Crippen molar-refractivity contribution in [2.75, 3.05) is 6.54 Å². The quantitative estimate of drug-likeness (QED) is 0.853. The summed E-state index contributed by atoms with van der Waals surface area (Å²) in [5.74, 6) is 0.714. The van der Waals surface area contributed by atoms with Gasteiger partial charge in [-0.2, -0.15) is 0 Å². The van der Waals surface area contributed by atoms with E-state index in [-0.39, 0.29) is 0 Å². The Bertz CT molecular complexity index is 313. The van der Waals surface area contributed by atoms with Crippen molar-refractivity contribution in [3.05, 3.63) is 16.1 Å². The molecule has 1 aromatic heterocycles. The molecule has 0 aliphatic carbocycles. The highest BCUT2D eigenvalue weighted by molar-refractivity contribution is 7.09. The summed E-state index contributed by atoms with van der Waals surface area (Å²) in [5.41, 5.74) is 1.29. The van der Waals surface area contributed by atoms with Gasteiger partial charge in [0.05, 0.1) is 10.7 Å². The summed E-state index contributed by atoms with van der Waals surface area (Å²) in [5, 5.41) is 7.10. The summed E-state index contributed by atoms with van der Waals surface area (Å²) in [6.07, 6.45) is 6.23. The van der Waals surface area contributed by atoms with Gasteiger partial charge in [0.2, 0.25) is 0 Å². The van der Waals surface area contributed by atoms with Crippen LogP contribution in [0.5, 0.6) is 0 Å². The van der Waals surface area contributed by atoms with Crippen LogP contribution in [-0.4, -0.2) is 17.6 Å². The Morgan fingerprint density at radius 1 is 1.56 bits per heavy atom. The number of aromatic nitrogens is 1. The number of nitrogens with zero attached hydrogens (tertiary/aromatic N) is 1. The molecule has 2 nitrogen and oxygen atoms in total. The SMILES string of the molecule is CC(C)Cc1csc(CCC2CCCN2)n1. The van der Waals surface area contributed by atoms with Crippen LogP contribution >= 0.6 is 11.3 Å². The van der Waals surface area contributed by atoms with E-state index in [0.29, 0.717) is 5.92 Å². The summed E-state index contributed by atoms with van der Waals surface area (Å²) >= 11 is 1.84. The van der Waals surface area contributed by atoms with E-state index >= 15 is 0 Å². The van der Waals surface area contributed by atoms with Crippen molar-refractivity contribution in [2.24, 2.45) is 5.92 Å². The first kappa shape index (κ1) is 12.1. The van der Waals surface area contributed by atoms with Gasteiger partial charge < -0.3 is 5.32 Å². The highest BCUT2D eigenvalue weighted by atomic mass is 32.1. The monoisotopic (exact) mass is 238 g/mol. The zero-order valence-corrected chi connectivity index (χ0v) is 11.1. The molecule has 1 saturated heterocycles. The molecule has 3 heteroatoms. The molecule has 0 saturated carbocycles. The van der Waals surface area contributed by atoms with Crippen LogP contribution in [0.1, 0.15) is 43.8 Å². The molecule has 1 N–H and O–H groups in total. The first-order valence-electron chi connectivity index (χ1n) is 6.40. The van der Waals surface area contributed by atoms with Gasteiger partial charge in [0.15, 0.2) is 0 Å². The summed E-state index contributed by atoms with van der Waals surface area (Å²) in [4.78, 5) is 4.70. The standard InChI is InChI=1S/C13H22N2S/c1-10(2)8-12-9-16-13(15-12)6-5-11-4-3-7-14-11/h9-11,14H,3-8H2,1-2H3. The van der Waals surface area contributed by atoms with Crippen molar-refractivity contribution in [2.45, 2.75) is 52.0 Å². The first-order chi connectivity index (χ1) is 7.74. The maximum Gasteiger partial charge on any atom is 0.0928 e. The minimum absolute atomic E-state index is 0.714. The summed E-state index contributed by atoms with van der Waals surface area (Å²) in [7, 11) is 0. The molecule has 1 aliphatic heterocycles. The third-order valence-corrected chi connectivity index (χ3v) is 4.04. The third kappa shape index (κ3) is 3.56. The van der Waals surface area contributed by atoms with Gasteiger partial charge in [0, 0.05) is 17.8 Å². The zero-order chi connectivity index (χ0) is 11.4. The molecule has 90 valence electrons. The lowest BCUT2D eigenvalue weighted by Crippen LogP contribution is -2.21. The van der Waals surface area contributed by atoms with Crippen LogP contribution in [-0.2, 0) is 12.8 Å². The number of rotatable bonds is 5. The van der Waals surface area contributed by atoms with Crippen LogP contribution in [0.3, 0.4) is 0 Å². The molecule has 16 heavy (non-hydrogen) atoms. The lowest BCUT2D eigenvalue weighted by molar-refractivity contribution is 0.557. The molecule has 0 spiro atoms. The fraction of sp³-hybridized carbons (Fsp3) is 0.769. The minimum Gasteiger partial charge on any atom is -0.314 e. The van der Waals surface area contributed by atoms with E-state index in [1.165, 1.54) is 36.5 Å². The average molecular weight is 238 g/mol. The molecule has 1 atom stereocenters. The fourth-order valence-electron chi connectivity index (χ4n) is 2.28. The Kier molecular flexibility index (Phi) is 4.36. The van der Waals surface area contributed by atoms with E-state index in [2.05, 4.69) is 24.5 Å². The predicted molar refractivity (Wildman–Crippen MR) is 70.0 cm³/mol. The van der Waals surface area contributed by atoms with E-state index in [1.807, 2.05) is 11.3 Å². The number of nitrogens with one attached hydrogen (secondary N) is 1. The largest absolute Gasteiger partial charge is 0.314 e. The second-order valence-corrected chi connectivity index (χ2v) is 6.11. The van der Waals surface area contributed by atoms with E-state index in [9.17, 15) is 0 Å². The summed E-state index contributed by atoms with van der Waals surface area (Å²) in [6, 6.07) is 0.748. The van der Waals surface area contributed by atoms with Gasteiger partial charge in [0.25, 0.3) is 0 Å². The van der Waals surface area contributed by atoms with Crippen molar-refractivity contribution in [1.82, 2.24) is 10.3 Å². The molecular formula is C13H22N2S. The lowest BCUT2D eigenvalue weighted by Gasteiger charge is -2.07. The number of thiazole rings is 1. The molecule has 1 aliphatic rings. The van der Waals surface area contributed by atoms with Gasteiger partial charge in [-0.15, -0.1) is 11.3 Å². The van der Waals surface area contributed by atoms with Crippen molar-refractivity contribution in [3.8, 4) is 0 Å². The van der Waals surface area contributed by atoms with Crippen LogP contribution in [0.4, 0.5) is 0 Å². The molecule has 0 bridgehead atoms. The normalized spacial score (nSPS) is 20.8. The highest BCUT2D eigenvalue weighted by Gasteiger charge is 2.14. The topological polar surface area (TPSA) is 24.9 Å². The second-order valence-electron chi connectivity index (χ2n) is 5.16. The predicted octanol–water partition coefficient (Wildman–Crippen LogP) is 3.03. The average Bonchev–Trinajstić information content (AvgIpc) is 2.84. The molecular weight excluding hydrogens is 216 g/mol. The van der Waals surface area contributed by atoms with E-state index in [4.69, 9.17) is 4.98 Å². The number of hydrogen-bond acceptors (Lipinski definition) is 3. The third-order valence-electron chi connectivity index (χ3n) is 3.09.